The predicted molar refractivity (Wildman–Crippen MR) is 178 cm³/mol. The third-order valence-electron chi connectivity index (χ3n) is 9.48. The first-order valence-electron chi connectivity index (χ1n) is 15.7. The van der Waals surface area contributed by atoms with Crippen LogP contribution in [0.2, 0.25) is 0 Å². The van der Waals surface area contributed by atoms with Crippen LogP contribution in [0.5, 0.6) is 34.5 Å². The summed E-state index contributed by atoms with van der Waals surface area (Å²) in [5.41, 5.74) is 7.82. The van der Waals surface area contributed by atoms with Gasteiger partial charge in [0.1, 0.15) is 11.5 Å². The molecular weight excluding hydrogens is 564 g/mol. The van der Waals surface area contributed by atoms with Gasteiger partial charge in [-0.1, -0.05) is 24.3 Å². The predicted octanol–water partition coefficient (Wildman–Crippen LogP) is 7.06. The van der Waals surface area contributed by atoms with Crippen LogP contribution in [0.4, 0.5) is 0 Å². The summed E-state index contributed by atoms with van der Waals surface area (Å²) in [7, 11) is 11.2. The van der Waals surface area contributed by atoms with Crippen LogP contribution in [0, 0.1) is 0 Å². The van der Waals surface area contributed by atoms with E-state index >= 15 is 0 Å². The number of benzene rings is 4. The summed E-state index contributed by atoms with van der Waals surface area (Å²) in [4.78, 5) is 4.86. The zero-order valence-electron chi connectivity index (χ0n) is 27.3. The summed E-state index contributed by atoms with van der Waals surface area (Å²) in [5, 5.41) is 0. The second-order valence-corrected chi connectivity index (χ2v) is 12.1. The van der Waals surface area contributed by atoms with E-state index in [1.54, 1.807) is 28.4 Å². The Morgan fingerprint density at radius 1 is 0.533 bits per heavy atom. The topological polar surface area (TPSA) is 52.6 Å². The molecule has 236 valence electrons. The number of hydrogen-bond acceptors (Lipinski definition) is 7. The van der Waals surface area contributed by atoms with E-state index < -0.39 is 0 Å². The van der Waals surface area contributed by atoms with Crippen LogP contribution in [-0.2, 0) is 25.7 Å². The molecule has 0 amide bonds. The largest absolute Gasteiger partial charge is 0.493 e. The summed E-state index contributed by atoms with van der Waals surface area (Å²) < 4.78 is 28.6. The normalized spacial score (nSPS) is 18.1. The average molecular weight is 609 g/mol. The van der Waals surface area contributed by atoms with Gasteiger partial charge in [0.25, 0.3) is 0 Å². The second-order valence-electron chi connectivity index (χ2n) is 12.1. The van der Waals surface area contributed by atoms with Crippen LogP contribution < -0.4 is 23.7 Å². The minimum absolute atomic E-state index is 0.270. The van der Waals surface area contributed by atoms with Crippen molar-refractivity contribution in [3.63, 3.8) is 0 Å². The lowest BCUT2D eigenvalue weighted by Gasteiger charge is -2.35. The Morgan fingerprint density at radius 3 is 1.24 bits per heavy atom. The Bertz CT molecular complexity index is 1500. The Morgan fingerprint density at radius 2 is 0.889 bits per heavy atom. The fourth-order valence-electron chi connectivity index (χ4n) is 6.81. The molecule has 0 bridgehead atoms. The molecule has 4 aromatic carbocycles. The third-order valence-corrected chi connectivity index (χ3v) is 9.48. The van der Waals surface area contributed by atoms with Crippen LogP contribution in [0.1, 0.15) is 45.5 Å². The van der Waals surface area contributed by atoms with Gasteiger partial charge in [-0.2, -0.15) is 0 Å². The second kappa shape index (κ2) is 13.4. The number of likely N-dealkylation sites (N-methyl/N-ethyl adjacent to an activating group) is 2. The number of rotatable bonds is 10. The highest BCUT2D eigenvalue weighted by atomic mass is 16.5. The van der Waals surface area contributed by atoms with Gasteiger partial charge < -0.3 is 23.7 Å². The molecule has 0 spiro atoms. The van der Waals surface area contributed by atoms with E-state index in [9.17, 15) is 0 Å². The Hall–Kier alpha value is -4.20. The van der Waals surface area contributed by atoms with Crippen LogP contribution >= 0.6 is 0 Å². The van der Waals surface area contributed by atoms with E-state index in [4.69, 9.17) is 23.7 Å². The van der Waals surface area contributed by atoms with Crippen molar-refractivity contribution in [2.75, 3.05) is 55.6 Å². The first kappa shape index (κ1) is 30.8. The lowest BCUT2D eigenvalue weighted by Crippen LogP contribution is -2.33. The van der Waals surface area contributed by atoms with Crippen molar-refractivity contribution in [2.24, 2.45) is 0 Å². The highest BCUT2D eigenvalue weighted by Gasteiger charge is 2.28. The van der Waals surface area contributed by atoms with E-state index in [0.717, 1.165) is 73.3 Å². The van der Waals surface area contributed by atoms with Crippen molar-refractivity contribution in [1.29, 1.82) is 0 Å². The smallest absolute Gasteiger partial charge is 0.161 e. The number of fused-ring (bicyclic) bond motifs is 2. The maximum absolute atomic E-state index is 6.25. The van der Waals surface area contributed by atoms with Crippen molar-refractivity contribution >= 4 is 0 Å². The minimum Gasteiger partial charge on any atom is -0.493 e. The highest BCUT2D eigenvalue weighted by Crippen LogP contribution is 2.40. The summed E-state index contributed by atoms with van der Waals surface area (Å²) in [6, 6.07) is 26.1. The SMILES string of the molecule is COc1cc2c(cc1OC)C(Cc1ccc(Oc3ccc(CC4c5cc(OC)c(OC)cc5CCN4C)cc3)cc1)N(C)CC2. The van der Waals surface area contributed by atoms with Gasteiger partial charge >= 0.3 is 0 Å². The fourth-order valence-corrected chi connectivity index (χ4v) is 6.81. The molecule has 2 unspecified atom stereocenters. The molecule has 6 rings (SSSR count). The van der Waals surface area contributed by atoms with Gasteiger partial charge in [-0.05, 0) is 122 Å². The number of hydrogen-bond donors (Lipinski definition) is 0. The third kappa shape index (κ3) is 6.46. The molecule has 4 aromatic rings. The minimum atomic E-state index is 0.270. The van der Waals surface area contributed by atoms with Gasteiger partial charge in [-0.3, -0.25) is 9.80 Å². The van der Waals surface area contributed by atoms with E-state index in [0.29, 0.717) is 0 Å². The van der Waals surface area contributed by atoms with Crippen molar-refractivity contribution in [1.82, 2.24) is 9.80 Å². The maximum atomic E-state index is 6.25. The standard InChI is InChI=1S/C38H44N2O5/c1-39-17-15-27-21-35(41-3)37(43-5)23-31(27)33(39)19-25-7-11-29(12-8-25)45-30-13-9-26(10-14-30)20-34-32-24-38(44-6)36(42-4)22-28(32)16-18-40(34)2/h7-14,21-24,33-34H,15-20H2,1-6H3. The van der Waals surface area contributed by atoms with Gasteiger partial charge in [0.05, 0.1) is 28.4 Å². The first-order chi connectivity index (χ1) is 21.9. The first-order valence-corrected chi connectivity index (χ1v) is 15.7. The van der Waals surface area contributed by atoms with Crippen LogP contribution in [0.25, 0.3) is 0 Å². The lowest BCUT2D eigenvalue weighted by molar-refractivity contribution is 0.228. The number of methoxy groups -OCH3 is 4. The molecule has 0 aromatic heterocycles. The molecule has 0 saturated heterocycles. The molecule has 0 aliphatic carbocycles. The maximum Gasteiger partial charge on any atom is 0.161 e. The van der Waals surface area contributed by atoms with E-state index in [2.05, 4.69) is 96.7 Å². The van der Waals surface area contributed by atoms with Gasteiger partial charge in [-0.25, -0.2) is 0 Å². The molecule has 2 atom stereocenters. The van der Waals surface area contributed by atoms with E-state index in [1.165, 1.54) is 33.4 Å². The highest BCUT2D eigenvalue weighted by molar-refractivity contribution is 5.51. The molecule has 0 saturated carbocycles. The quantitative estimate of drug-likeness (QED) is 0.191. The van der Waals surface area contributed by atoms with Gasteiger partial charge in [0, 0.05) is 25.2 Å². The fraction of sp³-hybridized carbons (Fsp3) is 0.368. The number of ether oxygens (including phenoxy) is 5. The molecule has 7 nitrogen and oxygen atoms in total. The zero-order valence-corrected chi connectivity index (χ0v) is 27.3. The molecular formula is C38H44N2O5. The molecule has 45 heavy (non-hydrogen) atoms. The van der Waals surface area contributed by atoms with E-state index in [-0.39, 0.29) is 12.1 Å². The van der Waals surface area contributed by atoms with Crippen molar-refractivity contribution in [2.45, 2.75) is 37.8 Å². The molecule has 7 heteroatoms. The molecule has 2 aliphatic rings. The Labute approximate surface area is 267 Å². The average Bonchev–Trinajstić information content (AvgIpc) is 3.07. The van der Waals surface area contributed by atoms with Gasteiger partial charge in [0.2, 0.25) is 0 Å². The Kier molecular flexibility index (Phi) is 9.19. The molecule has 0 fully saturated rings. The monoisotopic (exact) mass is 608 g/mol. The molecule has 0 radical (unpaired) electrons. The van der Waals surface area contributed by atoms with Crippen LogP contribution in [0.15, 0.2) is 72.8 Å². The van der Waals surface area contributed by atoms with Crippen LogP contribution in [-0.4, -0.2) is 65.4 Å². The summed E-state index contributed by atoms with van der Waals surface area (Å²) in [6.45, 7) is 2.02. The number of nitrogens with zero attached hydrogens (tertiary/aromatic N) is 2. The van der Waals surface area contributed by atoms with E-state index in [1.807, 2.05) is 0 Å². The molecule has 2 heterocycles. The van der Waals surface area contributed by atoms with Crippen molar-refractivity contribution in [3.05, 3.63) is 106 Å². The molecule has 0 N–H and O–H groups in total. The van der Waals surface area contributed by atoms with Crippen LogP contribution in [0.3, 0.4) is 0 Å². The van der Waals surface area contributed by atoms with Gasteiger partial charge in [-0.15, -0.1) is 0 Å². The molecule has 2 aliphatic heterocycles. The zero-order chi connectivity index (χ0) is 31.5. The summed E-state index contributed by atoms with van der Waals surface area (Å²) in [6.07, 6.45) is 3.82. The lowest BCUT2D eigenvalue weighted by atomic mass is 9.88. The van der Waals surface area contributed by atoms with Crippen molar-refractivity contribution in [3.8, 4) is 34.5 Å². The Balaban J connectivity index is 1.12. The van der Waals surface area contributed by atoms with Gasteiger partial charge in [0.15, 0.2) is 23.0 Å². The van der Waals surface area contributed by atoms with Crippen molar-refractivity contribution < 1.29 is 23.7 Å². The summed E-state index contributed by atoms with van der Waals surface area (Å²) in [5.74, 6) is 4.81. The summed E-state index contributed by atoms with van der Waals surface area (Å²) >= 11 is 0.